The minimum absolute atomic E-state index is 0. The molecule has 2 aromatic carbocycles. The second-order valence-electron chi connectivity index (χ2n) is 7.54. The Kier molecular flexibility index (Phi) is 6.54. The normalized spacial score (nSPS) is 15.3. The van der Waals surface area contributed by atoms with E-state index in [0.29, 0.717) is 12.0 Å². The summed E-state index contributed by atoms with van der Waals surface area (Å²) in [6.45, 7) is 6.64. The van der Waals surface area contributed by atoms with Crippen molar-refractivity contribution in [3.8, 4) is 11.5 Å². The predicted octanol–water partition coefficient (Wildman–Crippen LogP) is 4.97. The van der Waals surface area contributed by atoms with Gasteiger partial charge in [-0.1, -0.05) is 13.5 Å². The van der Waals surface area contributed by atoms with Gasteiger partial charge >= 0.3 is 0 Å². The van der Waals surface area contributed by atoms with Gasteiger partial charge < -0.3 is 20.1 Å². The number of hydrogen-bond acceptors (Lipinski definition) is 6. The molecule has 1 aromatic heterocycles. The molecule has 2 heterocycles. The van der Waals surface area contributed by atoms with Crippen molar-refractivity contribution in [2.45, 2.75) is 46.3 Å². The van der Waals surface area contributed by atoms with E-state index in [1.165, 1.54) is 0 Å². The number of fused-ring (bicyclic) bond motifs is 1. The Morgan fingerprint density at radius 3 is 2.66 bits per heavy atom. The molecule has 6 nitrogen and oxygen atoms in total. The SMILES string of the molecule is C.CC(C)N1CCC(Oc2ccc3cnc(Nc4cccc(O)c4)nc3c2)CC1. The fourth-order valence-electron chi connectivity index (χ4n) is 3.55. The molecule has 0 spiro atoms. The Morgan fingerprint density at radius 1 is 1.14 bits per heavy atom. The van der Waals surface area contributed by atoms with Gasteiger partial charge in [-0.05, 0) is 51.0 Å². The lowest BCUT2D eigenvalue weighted by Crippen LogP contribution is -2.41. The van der Waals surface area contributed by atoms with Gasteiger partial charge in [-0.2, -0.15) is 0 Å². The maximum atomic E-state index is 9.60. The number of rotatable bonds is 5. The Labute approximate surface area is 172 Å². The van der Waals surface area contributed by atoms with E-state index in [2.05, 4.69) is 34.0 Å². The summed E-state index contributed by atoms with van der Waals surface area (Å²) in [5, 5.41) is 13.7. The van der Waals surface area contributed by atoms with Crippen LogP contribution in [0.15, 0.2) is 48.7 Å². The Bertz CT molecular complexity index is 953. The molecule has 0 unspecified atom stereocenters. The second-order valence-corrected chi connectivity index (χ2v) is 7.54. The molecule has 1 aliphatic heterocycles. The number of benzene rings is 2. The van der Waals surface area contributed by atoms with Crippen LogP contribution < -0.4 is 10.1 Å². The van der Waals surface area contributed by atoms with Crippen LogP contribution in [0.2, 0.25) is 0 Å². The van der Waals surface area contributed by atoms with Crippen molar-refractivity contribution >= 4 is 22.5 Å². The zero-order valence-electron chi connectivity index (χ0n) is 16.3. The lowest BCUT2D eigenvalue weighted by molar-refractivity contribution is 0.0844. The highest BCUT2D eigenvalue weighted by molar-refractivity contribution is 5.80. The molecule has 2 N–H and O–H groups in total. The smallest absolute Gasteiger partial charge is 0.227 e. The fraction of sp³-hybridized carbons (Fsp3) is 0.391. The molecular formula is C23H30N4O2. The molecule has 1 saturated heterocycles. The Morgan fingerprint density at radius 2 is 1.93 bits per heavy atom. The highest BCUT2D eigenvalue weighted by atomic mass is 16.5. The van der Waals surface area contributed by atoms with Crippen LogP contribution in [0, 0.1) is 0 Å². The van der Waals surface area contributed by atoms with Gasteiger partial charge in [0.2, 0.25) is 5.95 Å². The number of likely N-dealkylation sites (tertiary alicyclic amines) is 1. The molecule has 0 atom stereocenters. The number of aromatic hydroxyl groups is 1. The predicted molar refractivity (Wildman–Crippen MR) is 118 cm³/mol. The minimum atomic E-state index is 0. The molecule has 6 heteroatoms. The summed E-state index contributed by atoms with van der Waals surface area (Å²) in [6, 6.07) is 13.4. The zero-order chi connectivity index (χ0) is 19.5. The molecule has 0 amide bonds. The van der Waals surface area contributed by atoms with Crippen LogP contribution in [0.1, 0.15) is 34.1 Å². The molecule has 29 heavy (non-hydrogen) atoms. The number of aromatic nitrogens is 2. The average molecular weight is 395 g/mol. The number of phenols is 1. The third-order valence-electron chi connectivity index (χ3n) is 5.17. The number of hydrogen-bond donors (Lipinski definition) is 2. The molecule has 0 bridgehead atoms. The first kappa shape index (κ1) is 20.9. The zero-order valence-corrected chi connectivity index (χ0v) is 16.3. The minimum Gasteiger partial charge on any atom is -0.508 e. The number of nitrogens with zero attached hydrogens (tertiary/aromatic N) is 3. The summed E-state index contributed by atoms with van der Waals surface area (Å²) in [5.74, 6) is 1.53. The fourth-order valence-corrected chi connectivity index (χ4v) is 3.55. The van der Waals surface area contributed by atoms with E-state index < -0.39 is 0 Å². The first-order valence-electron chi connectivity index (χ1n) is 9.80. The topological polar surface area (TPSA) is 70.5 Å². The quantitative estimate of drug-likeness (QED) is 0.637. The molecule has 1 aliphatic rings. The standard InChI is InChI=1S/C22H26N4O2.CH4/c1-15(2)26-10-8-19(9-11-26)28-20-7-6-16-14-23-22(25-21(16)13-20)24-17-4-3-5-18(27)12-17;/h3-7,12-15,19,27H,8-11H2,1-2H3,(H,23,24,25);1H4. The summed E-state index contributed by atoms with van der Waals surface area (Å²) in [6.07, 6.45) is 4.13. The van der Waals surface area contributed by atoms with Gasteiger partial charge in [0.1, 0.15) is 17.6 Å². The monoisotopic (exact) mass is 394 g/mol. The van der Waals surface area contributed by atoms with Gasteiger partial charge in [-0.3, -0.25) is 0 Å². The molecule has 154 valence electrons. The highest BCUT2D eigenvalue weighted by Crippen LogP contribution is 2.25. The van der Waals surface area contributed by atoms with Gasteiger partial charge in [-0.25, -0.2) is 9.97 Å². The molecular weight excluding hydrogens is 364 g/mol. The Balaban J connectivity index is 0.00000240. The number of ether oxygens (including phenoxy) is 1. The summed E-state index contributed by atoms with van der Waals surface area (Å²) in [5.41, 5.74) is 1.57. The van der Waals surface area contributed by atoms with Crippen LogP contribution in [0.25, 0.3) is 10.9 Å². The van der Waals surface area contributed by atoms with E-state index in [1.807, 2.05) is 24.3 Å². The lowest BCUT2D eigenvalue weighted by atomic mass is 10.1. The summed E-state index contributed by atoms with van der Waals surface area (Å²) in [4.78, 5) is 11.4. The van der Waals surface area contributed by atoms with Gasteiger partial charge in [-0.15, -0.1) is 0 Å². The van der Waals surface area contributed by atoms with Crippen molar-refractivity contribution < 1.29 is 9.84 Å². The second kappa shape index (κ2) is 9.09. The number of piperidine rings is 1. The molecule has 1 fully saturated rings. The van der Waals surface area contributed by atoms with Gasteiger partial charge in [0, 0.05) is 48.5 Å². The summed E-state index contributed by atoms with van der Waals surface area (Å²) in [7, 11) is 0. The van der Waals surface area contributed by atoms with Crippen LogP contribution in [-0.2, 0) is 0 Å². The van der Waals surface area contributed by atoms with E-state index >= 15 is 0 Å². The van der Waals surface area contributed by atoms with Crippen LogP contribution in [-0.4, -0.2) is 45.2 Å². The summed E-state index contributed by atoms with van der Waals surface area (Å²) < 4.78 is 6.22. The number of anilines is 2. The highest BCUT2D eigenvalue weighted by Gasteiger charge is 2.22. The van der Waals surface area contributed by atoms with Crippen LogP contribution in [0.5, 0.6) is 11.5 Å². The third-order valence-corrected chi connectivity index (χ3v) is 5.17. The van der Waals surface area contributed by atoms with Gasteiger partial charge in [0.25, 0.3) is 0 Å². The van der Waals surface area contributed by atoms with E-state index in [-0.39, 0.29) is 19.3 Å². The maximum absolute atomic E-state index is 9.60. The van der Waals surface area contributed by atoms with E-state index in [0.717, 1.165) is 48.3 Å². The van der Waals surface area contributed by atoms with Crippen molar-refractivity contribution in [1.82, 2.24) is 14.9 Å². The van der Waals surface area contributed by atoms with Crippen molar-refractivity contribution in [3.63, 3.8) is 0 Å². The van der Waals surface area contributed by atoms with Gasteiger partial charge in [0.15, 0.2) is 0 Å². The van der Waals surface area contributed by atoms with Crippen molar-refractivity contribution in [2.75, 3.05) is 18.4 Å². The van der Waals surface area contributed by atoms with Crippen molar-refractivity contribution in [1.29, 1.82) is 0 Å². The van der Waals surface area contributed by atoms with E-state index in [1.54, 1.807) is 24.4 Å². The van der Waals surface area contributed by atoms with Crippen LogP contribution in [0.3, 0.4) is 0 Å². The first-order valence-corrected chi connectivity index (χ1v) is 9.80. The molecule has 0 aliphatic carbocycles. The first-order chi connectivity index (χ1) is 13.6. The van der Waals surface area contributed by atoms with Crippen molar-refractivity contribution in [2.24, 2.45) is 0 Å². The van der Waals surface area contributed by atoms with Crippen molar-refractivity contribution in [3.05, 3.63) is 48.7 Å². The van der Waals surface area contributed by atoms with E-state index in [4.69, 9.17) is 4.74 Å². The third kappa shape index (κ3) is 5.15. The van der Waals surface area contributed by atoms with Crippen LogP contribution >= 0.6 is 0 Å². The van der Waals surface area contributed by atoms with E-state index in [9.17, 15) is 5.11 Å². The average Bonchev–Trinajstić information content (AvgIpc) is 2.68. The maximum Gasteiger partial charge on any atom is 0.227 e. The lowest BCUT2D eigenvalue weighted by Gasteiger charge is -2.34. The molecule has 3 aromatic rings. The summed E-state index contributed by atoms with van der Waals surface area (Å²) >= 11 is 0. The molecule has 4 rings (SSSR count). The van der Waals surface area contributed by atoms with Crippen LogP contribution in [0.4, 0.5) is 11.6 Å². The number of nitrogens with one attached hydrogen (secondary N) is 1. The van der Waals surface area contributed by atoms with Gasteiger partial charge in [0.05, 0.1) is 5.52 Å². The number of phenolic OH excluding ortho intramolecular Hbond substituents is 1. The Hall–Kier alpha value is -2.86. The molecule has 0 radical (unpaired) electrons. The largest absolute Gasteiger partial charge is 0.508 e. The molecule has 0 saturated carbocycles.